The van der Waals surface area contributed by atoms with Gasteiger partial charge in [0.2, 0.25) is 0 Å². The van der Waals surface area contributed by atoms with Crippen LogP contribution in [0, 0.1) is 6.92 Å². The normalized spacial score (nSPS) is 10.4. The van der Waals surface area contributed by atoms with Gasteiger partial charge in [-0.1, -0.05) is 6.07 Å². The van der Waals surface area contributed by atoms with Gasteiger partial charge in [0.25, 0.3) is 5.91 Å². The number of pyridine rings is 2. The van der Waals surface area contributed by atoms with Crippen LogP contribution < -0.4 is 5.32 Å². The van der Waals surface area contributed by atoms with E-state index in [0.29, 0.717) is 11.4 Å². The number of carbonyl (C=O) groups excluding carboxylic acids is 1. The molecular formula is C16H14N4OS. The van der Waals surface area contributed by atoms with Gasteiger partial charge in [-0.2, -0.15) is 0 Å². The van der Waals surface area contributed by atoms with E-state index in [1.165, 1.54) is 11.3 Å². The fraction of sp³-hybridized carbons (Fsp3) is 0.125. The molecule has 1 amide bonds. The molecule has 0 aromatic carbocycles. The molecule has 22 heavy (non-hydrogen) atoms. The number of rotatable bonds is 4. The molecular weight excluding hydrogens is 296 g/mol. The second-order valence-electron chi connectivity index (χ2n) is 4.67. The molecule has 3 rings (SSSR count). The summed E-state index contributed by atoms with van der Waals surface area (Å²) in [4.78, 5) is 25.6. The molecule has 0 aliphatic heterocycles. The summed E-state index contributed by atoms with van der Waals surface area (Å²) in [6, 6.07) is 9.39. The van der Waals surface area contributed by atoms with Crippen LogP contribution in [0.15, 0.2) is 48.9 Å². The number of nitrogens with one attached hydrogen (secondary N) is 1. The van der Waals surface area contributed by atoms with E-state index in [1.807, 2.05) is 37.3 Å². The number of nitrogens with zero attached hydrogens (tertiary/aromatic N) is 3. The zero-order chi connectivity index (χ0) is 15.4. The second-order valence-corrected chi connectivity index (χ2v) is 5.67. The highest BCUT2D eigenvalue weighted by atomic mass is 32.1. The smallest absolute Gasteiger partial charge is 0.263 e. The van der Waals surface area contributed by atoms with Gasteiger partial charge in [-0.15, -0.1) is 11.3 Å². The maximum absolute atomic E-state index is 12.3. The summed E-state index contributed by atoms with van der Waals surface area (Å²) in [5, 5.41) is 3.70. The van der Waals surface area contributed by atoms with E-state index in [0.717, 1.165) is 22.0 Å². The standard InChI is InChI=1S/C16H14N4OS/c1-11-14(15(21)19-10-13-4-2-3-7-18-13)22-16(20-11)12-5-8-17-9-6-12/h2-9H,10H2,1H3,(H,19,21). The molecule has 3 heterocycles. The van der Waals surface area contributed by atoms with Crippen LogP contribution in [-0.4, -0.2) is 20.9 Å². The van der Waals surface area contributed by atoms with Crippen molar-refractivity contribution in [3.8, 4) is 10.6 Å². The number of amides is 1. The zero-order valence-electron chi connectivity index (χ0n) is 12.0. The molecule has 0 spiro atoms. The van der Waals surface area contributed by atoms with E-state index in [-0.39, 0.29) is 5.91 Å². The first kappa shape index (κ1) is 14.3. The van der Waals surface area contributed by atoms with Gasteiger partial charge in [-0.05, 0) is 31.2 Å². The number of hydrogen-bond donors (Lipinski definition) is 1. The van der Waals surface area contributed by atoms with Gasteiger partial charge in [0.05, 0.1) is 17.9 Å². The average Bonchev–Trinajstić information content (AvgIpc) is 2.96. The van der Waals surface area contributed by atoms with Crippen LogP contribution in [-0.2, 0) is 6.54 Å². The van der Waals surface area contributed by atoms with Crippen LogP contribution in [0.1, 0.15) is 21.1 Å². The average molecular weight is 310 g/mol. The summed E-state index contributed by atoms with van der Waals surface area (Å²) in [5.74, 6) is -0.124. The lowest BCUT2D eigenvalue weighted by molar-refractivity contribution is 0.0953. The Morgan fingerprint density at radius 2 is 2.00 bits per heavy atom. The molecule has 110 valence electrons. The Kier molecular flexibility index (Phi) is 4.20. The maximum atomic E-state index is 12.3. The Balaban J connectivity index is 1.74. The minimum atomic E-state index is -0.124. The molecule has 0 fully saturated rings. The van der Waals surface area contributed by atoms with Crippen molar-refractivity contribution in [3.05, 3.63) is 65.2 Å². The van der Waals surface area contributed by atoms with Gasteiger partial charge in [-0.3, -0.25) is 14.8 Å². The SMILES string of the molecule is Cc1nc(-c2ccncc2)sc1C(=O)NCc1ccccn1. The number of aromatic nitrogens is 3. The van der Waals surface area contributed by atoms with Gasteiger partial charge in [0.1, 0.15) is 9.88 Å². The molecule has 3 aromatic rings. The molecule has 1 N–H and O–H groups in total. The first-order valence-corrected chi connectivity index (χ1v) is 7.61. The van der Waals surface area contributed by atoms with E-state index in [1.54, 1.807) is 18.6 Å². The molecule has 3 aromatic heterocycles. The van der Waals surface area contributed by atoms with Crippen molar-refractivity contribution in [2.75, 3.05) is 0 Å². The number of thiazole rings is 1. The molecule has 0 saturated heterocycles. The lowest BCUT2D eigenvalue weighted by atomic mass is 10.3. The molecule has 0 unspecified atom stereocenters. The number of aryl methyl sites for hydroxylation is 1. The van der Waals surface area contributed by atoms with E-state index < -0.39 is 0 Å². The van der Waals surface area contributed by atoms with E-state index in [4.69, 9.17) is 0 Å². The molecule has 0 atom stereocenters. The van der Waals surface area contributed by atoms with Gasteiger partial charge in [0.15, 0.2) is 0 Å². The third-order valence-electron chi connectivity index (χ3n) is 3.09. The highest BCUT2D eigenvalue weighted by Gasteiger charge is 2.16. The molecule has 0 bridgehead atoms. The fourth-order valence-corrected chi connectivity index (χ4v) is 2.97. The summed E-state index contributed by atoms with van der Waals surface area (Å²) in [6.07, 6.45) is 5.14. The lowest BCUT2D eigenvalue weighted by Crippen LogP contribution is -2.23. The van der Waals surface area contributed by atoms with E-state index >= 15 is 0 Å². The first-order chi connectivity index (χ1) is 10.7. The zero-order valence-corrected chi connectivity index (χ0v) is 12.8. The molecule has 0 saturated carbocycles. The second kappa shape index (κ2) is 6.44. The van der Waals surface area contributed by atoms with E-state index in [9.17, 15) is 4.79 Å². The molecule has 0 radical (unpaired) electrons. The van der Waals surface area contributed by atoms with Gasteiger partial charge in [-0.25, -0.2) is 4.98 Å². The van der Waals surface area contributed by atoms with Crippen molar-refractivity contribution in [1.29, 1.82) is 0 Å². The highest BCUT2D eigenvalue weighted by molar-refractivity contribution is 7.17. The maximum Gasteiger partial charge on any atom is 0.263 e. The number of hydrogen-bond acceptors (Lipinski definition) is 5. The molecule has 0 aliphatic rings. The van der Waals surface area contributed by atoms with E-state index in [2.05, 4.69) is 20.3 Å². The summed E-state index contributed by atoms with van der Waals surface area (Å²) in [7, 11) is 0. The largest absolute Gasteiger partial charge is 0.346 e. The third-order valence-corrected chi connectivity index (χ3v) is 4.29. The molecule has 5 nitrogen and oxygen atoms in total. The first-order valence-electron chi connectivity index (χ1n) is 6.80. The number of carbonyl (C=O) groups is 1. The van der Waals surface area contributed by atoms with Crippen molar-refractivity contribution in [2.45, 2.75) is 13.5 Å². The topological polar surface area (TPSA) is 67.8 Å². The van der Waals surface area contributed by atoms with Gasteiger partial charge in [0, 0.05) is 24.2 Å². The predicted octanol–water partition coefficient (Wildman–Crippen LogP) is 2.84. The molecule has 6 heteroatoms. The Labute approximate surface area is 132 Å². The fourth-order valence-electron chi connectivity index (χ4n) is 1.98. The Morgan fingerprint density at radius 1 is 1.18 bits per heavy atom. The summed E-state index contributed by atoms with van der Waals surface area (Å²) in [5.41, 5.74) is 2.52. The minimum absolute atomic E-state index is 0.124. The van der Waals surface area contributed by atoms with Crippen LogP contribution in [0.4, 0.5) is 0 Å². The van der Waals surface area contributed by atoms with Crippen molar-refractivity contribution in [1.82, 2.24) is 20.3 Å². The van der Waals surface area contributed by atoms with Crippen LogP contribution in [0.5, 0.6) is 0 Å². The predicted molar refractivity (Wildman–Crippen MR) is 85.5 cm³/mol. The van der Waals surface area contributed by atoms with Crippen LogP contribution in [0.25, 0.3) is 10.6 Å². The summed E-state index contributed by atoms with van der Waals surface area (Å²) >= 11 is 1.38. The van der Waals surface area contributed by atoms with Gasteiger partial charge < -0.3 is 5.32 Å². The summed E-state index contributed by atoms with van der Waals surface area (Å²) in [6.45, 7) is 2.25. The van der Waals surface area contributed by atoms with Gasteiger partial charge >= 0.3 is 0 Å². The van der Waals surface area contributed by atoms with Crippen molar-refractivity contribution in [3.63, 3.8) is 0 Å². The van der Waals surface area contributed by atoms with Crippen molar-refractivity contribution >= 4 is 17.2 Å². The Hall–Kier alpha value is -2.60. The van der Waals surface area contributed by atoms with Crippen LogP contribution in [0.3, 0.4) is 0 Å². The monoisotopic (exact) mass is 310 g/mol. The van der Waals surface area contributed by atoms with Crippen LogP contribution >= 0.6 is 11.3 Å². The lowest BCUT2D eigenvalue weighted by Gasteiger charge is -2.03. The Morgan fingerprint density at radius 3 is 2.73 bits per heavy atom. The quantitative estimate of drug-likeness (QED) is 0.804. The highest BCUT2D eigenvalue weighted by Crippen LogP contribution is 2.27. The van der Waals surface area contributed by atoms with Crippen molar-refractivity contribution in [2.24, 2.45) is 0 Å². The van der Waals surface area contributed by atoms with Crippen molar-refractivity contribution < 1.29 is 4.79 Å². The molecule has 0 aliphatic carbocycles. The summed E-state index contributed by atoms with van der Waals surface area (Å²) < 4.78 is 0. The Bertz CT molecular complexity index is 771. The minimum Gasteiger partial charge on any atom is -0.346 e. The van der Waals surface area contributed by atoms with Crippen LogP contribution in [0.2, 0.25) is 0 Å². The third kappa shape index (κ3) is 3.17.